The Morgan fingerprint density at radius 3 is 2.61 bits per heavy atom. The van der Waals surface area contributed by atoms with E-state index >= 15 is 0 Å². The highest BCUT2D eigenvalue weighted by molar-refractivity contribution is 5.79. The van der Waals surface area contributed by atoms with Gasteiger partial charge < -0.3 is 15.4 Å². The van der Waals surface area contributed by atoms with E-state index in [0.29, 0.717) is 12.5 Å². The van der Waals surface area contributed by atoms with Crippen molar-refractivity contribution >= 4 is 5.96 Å². The van der Waals surface area contributed by atoms with E-state index in [1.807, 2.05) is 6.92 Å². The third-order valence-electron chi connectivity index (χ3n) is 5.36. The van der Waals surface area contributed by atoms with Crippen LogP contribution in [0.25, 0.3) is 0 Å². The van der Waals surface area contributed by atoms with Gasteiger partial charge in [-0.3, -0.25) is 9.89 Å². The molecule has 1 aromatic rings. The Bertz CT molecular complexity index is 668. The Balaban J connectivity index is 1.59. The van der Waals surface area contributed by atoms with E-state index < -0.39 is 11.7 Å². The summed E-state index contributed by atoms with van der Waals surface area (Å²) in [5.41, 5.74) is -0.126. The average Bonchev–Trinajstić information content (AvgIpc) is 3.48. The summed E-state index contributed by atoms with van der Waals surface area (Å²) in [4.78, 5) is 7.01. The Morgan fingerprint density at radius 2 is 1.96 bits per heavy atom. The number of morpholine rings is 1. The number of nitrogens with zero attached hydrogens (tertiary/aromatic N) is 2. The van der Waals surface area contributed by atoms with Crippen LogP contribution < -0.4 is 10.6 Å². The first-order valence-electron chi connectivity index (χ1n) is 9.93. The second-order valence-electron chi connectivity index (χ2n) is 7.43. The van der Waals surface area contributed by atoms with Crippen molar-refractivity contribution in [1.82, 2.24) is 15.5 Å². The Labute approximate surface area is 164 Å². The first kappa shape index (κ1) is 20.9. The second kappa shape index (κ2) is 9.13. The third kappa shape index (κ3) is 5.61. The Morgan fingerprint density at radius 1 is 1.21 bits per heavy atom. The van der Waals surface area contributed by atoms with Gasteiger partial charge in [0, 0.05) is 38.1 Å². The normalized spacial score (nSPS) is 20.1. The fourth-order valence-corrected chi connectivity index (χ4v) is 3.44. The molecule has 0 bridgehead atoms. The quantitative estimate of drug-likeness (QED) is 0.548. The molecular weight excluding hydrogens is 369 g/mol. The zero-order valence-corrected chi connectivity index (χ0v) is 16.3. The van der Waals surface area contributed by atoms with Crippen molar-refractivity contribution in [2.75, 3.05) is 52.5 Å². The highest BCUT2D eigenvalue weighted by atomic mass is 19.4. The zero-order valence-electron chi connectivity index (χ0n) is 16.3. The van der Waals surface area contributed by atoms with Crippen LogP contribution in [0.4, 0.5) is 13.2 Å². The summed E-state index contributed by atoms with van der Waals surface area (Å²) in [7, 11) is 0. The molecule has 5 nitrogen and oxygen atoms in total. The van der Waals surface area contributed by atoms with Crippen LogP contribution in [0.3, 0.4) is 0 Å². The summed E-state index contributed by atoms with van der Waals surface area (Å²) in [6, 6.07) is 5.69. The minimum Gasteiger partial charge on any atom is -0.379 e. The molecule has 2 N–H and O–H groups in total. The minimum absolute atomic E-state index is 0.270. The lowest BCUT2D eigenvalue weighted by atomic mass is 9.94. The van der Waals surface area contributed by atoms with Crippen LogP contribution >= 0.6 is 0 Å². The average molecular weight is 398 g/mol. The van der Waals surface area contributed by atoms with E-state index in [1.165, 1.54) is 12.1 Å². The molecule has 0 atom stereocenters. The molecule has 28 heavy (non-hydrogen) atoms. The van der Waals surface area contributed by atoms with Gasteiger partial charge in [-0.2, -0.15) is 13.2 Å². The van der Waals surface area contributed by atoms with Crippen LogP contribution in [0, 0.1) is 0 Å². The largest absolute Gasteiger partial charge is 0.416 e. The van der Waals surface area contributed by atoms with Crippen molar-refractivity contribution < 1.29 is 17.9 Å². The predicted octanol–water partition coefficient (Wildman–Crippen LogP) is 2.62. The number of hydrogen-bond donors (Lipinski definition) is 2. The molecule has 2 aliphatic rings. The topological polar surface area (TPSA) is 48.9 Å². The van der Waals surface area contributed by atoms with Gasteiger partial charge in [-0.1, -0.05) is 18.2 Å². The highest BCUT2D eigenvalue weighted by Gasteiger charge is 2.45. The number of rotatable bonds is 7. The van der Waals surface area contributed by atoms with E-state index in [1.54, 1.807) is 6.07 Å². The Hall–Kier alpha value is -1.80. The molecule has 156 valence electrons. The second-order valence-corrected chi connectivity index (χ2v) is 7.43. The van der Waals surface area contributed by atoms with E-state index in [0.717, 1.165) is 70.4 Å². The number of nitrogens with one attached hydrogen (secondary N) is 2. The van der Waals surface area contributed by atoms with Crippen LogP contribution in [-0.4, -0.2) is 63.3 Å². The van der Waals surface area contributed by atoms with Crippen molar-refractivity contribution in [1.29, 1.82) is 0 Å². The van der Waals surface area contributed by atoms with Crippen LogP contribution in [0.1, 0.15) is 30.9 Å². The minimum atomic E-state index is -4.31. The maximum absolute atomic E-state index is 13.0. The lowest BCUT2D eigenvalue weighted by molar-refractivity contribution is -0.137. The van der Waals surface area contributed by atoms with Gasteiger partial charge >= 0.3 is 6.18 Å². The summed E-state index contributed by atoms with van der Waals surface area (Å²) < 4.78 is 44.4. The fourth-order valence-electron chi connectivity index (χ4n) is 3.44. The smallest absolute Gasteiger partial charge is 0.379 e. The monoisotopic (exact) mass is 398 g/mol. The van der Waals surface area contributed by atoms with Crippen LogP contribution in [0.5, 0.6) is 0 Å². The van der Waals surface area contributed by atoms with E-state index in [-0.39, 0.29) is 5.41 Å². The number of guanidine groups is 1. The molecule has 8 heteroatoms. The summed E-state index contributed by atoms with van der Waals surface area (Å²) >= 11 is 0. The molecule has 1 saturated carbocycles. The standard InChI is InChI=1S/C20H29F3N4O/c1-2-24-18(25-8-9-27-10-12-28-13-11-27)26-15-19(6-7-19)16-4-3-5-17(14-16)20(21,22)23/h3-5,14H,2,6-13,15H2,1H3,(H2,24,25,26). The van der Waals surface area contributed by atoms with Gasteiger partial charge in [0.15, 0.2) is 5.96 Å². The molecule has 0 unspecified atom stereocenters. The van der Waals surface area contributed by atoms with Crippen molar-refractivity contribution in [3.8, 4) is 0 Å². The van der Waals surface area contributed by atoms with Gasteiger partial charge in [0.05, 0.1) is 25.3 Å². The first-order chi connectivity index (χ1) is 13.4. The maximum atomic E-state index is 13.0. The summed E-state index contributed by atoms with van der Waals surface area (Å²) in [6.07, 6.45) is -2.58. The van der Waals surface area contributed by atoms with Gasteiger partial charge in [-0.15, -0.1) is 0 Å². The lowest BCUT2D eigenvalue weighted by Gasteiger charge is -2.26. The van der Waals surface area contributed by atoms with E-state index in [4.69, 9.17) is 4.74 Å². The molecule has 0 amide bonds. The number of alkyl halides is 3. The fraction of sp³-hybridized carbons (Fsp3) is 0.650. The third-order valence-corrected chi connectivity index (χ3v) is 5.36. The van der Waals surface area contributed by atoms with E-state index in [9.17, 15) is 13.2 Å². The number of halogens is 3. The molecule has 0 radical (unpaired) electrons. The van der Waals surface area contributed by atoms with Crippen LogP contribution in [0.15, 0.2) is 29.3 Å². The van der Waals surface area contributed by atoms with Crippen LogP contribution in [0.2, 0.25) is 0 Å². The number of ether oxygens (including phenoxy) is 1. The van der Waals surface area contributed by atoms with Crippen LogP contribution in [-0.2, 0) is 16.3 Å². The molecule has 1 aromatic carbocycles. The van der Waals surface area contributed by atoms with Crippen molar-refractivity contribution in [3.63, 3.8) is 0 Å². The summed E-state index contributed by atoms with van der Waals surface area (Å²) in [5.74, 6) is 0.717. The lowest BCUT2D eigenvalue weighted by Crippen LogP contribution is -2.44. The summed E-state index contributed by atoms with van der Waals surface area (Å²) in [6.45, 7) is 8.32. The van der Waals surface area contributed by atoms with Gasteiger partial charge in [-0.05, 0) is 31.4 Å². The predicted molar refractivity (Wildman–Crippen MR) is 104 cm³/mol. The summed E-state index contributed by atoms with van der Waals surface area (Å²) in [5, 5.41) is 6.56. The highest BCUT2D eigenvalue weighted by Crippen LogP contribution is 2.49. The molecule has 0 aromatic heterocycles. The van der Waals surface area contributed by atoms with Gasteiger partial charge in [0.2, 0.25) is 0 Å². The molecule has 1 saturated heterocycles. The molecule has 1 aliphatic carbocycles. The SMILES string of the molecule is CCNC(=NCC1(c2cccc(C(F)(F)F)c2)CC1)NCCN1CCOCC1. The Kier molecular flexibility index (Phi) is 6.82. The van der Waals surface area contributed by atoms with Crippen molar-refractivity contribution in [2.45, 2.75) is 31.4 Å². The van der Waals surface area contributed by atoms with E-state index in [2.05, 4.69) is 20.5 Å². The molecule has 2 fully saturated rings. The number of aliphatic imine (C=N–C) groups is 1. The van der Waals surface area contributed by atoms with Crippen molar-refractivity contribution in [2.24, 2.45) is 4.99 Å². The molecule has 1 heterocycles. The van der Waals surface area contributed by atoms with Gasteiger partial charge in [-0.25, -0.2) is 0 Å². The zero-order chi connectivity index (χ0) is 20.0. The molecular formula is C20H29F3N4O. The maximum Gasteiger partial charge on any atom is 0.416 e. The van der Waals surface area contributed by atoms with Gasteiger partial charge in [0.25, 0.3) is 0 Å². The molecule has 3 rings (SSSR count). The molecule has 0 spiro atoms. The number of hydrogen-bond acceptors (Lipinski definition) is 3. The molecule has 1 aliphatic heterocycles. The first-order valence-corrected chi connectivity index (χ1v) is 9.93. The number of benzene rings is 1. The van der Waals surface area contributed by atoms with Gasteiger partial charge in [0.1, 0.15) is 0 Å². The van der Waals surface area contributed by atoms with Crippen molar-refractivity contribution in [3.05, 3.63) is 35.4 Å².